The summed E-state index contributed by atoms with van der Waals surface area (Å²) < 4.78 is 0.948. The Labute approximate surface area is 145 Å². The number of carboxylic acid groups (broad SMARTS) is 1. The van der Waals surface area contributed by atoms with E-state index in [1.54, 1.807) is 12.1 Å². The second-order valence-corrected chi connectivity index (χ2v) is 6.99. The van der Waals surface area contributed by atoms with E-state index in [2.05, 4.69) is 45.1 Å². The van der Waals surface area contributed by atoms with Crippen LogP contribution in [0.1, 0.15) is 40.2 Å². The number of likely N-dealkylation sites (tertiary alicyclic amines) is 1. The van der Waals surface area contributed by atoms with Crippen molar-refractivity contribution < 1.29 is 9.90 Å². The van der Waals surface area contributed by atoms with E-state index in [1.165, 1.54) is 5.56 Å². The van der Waals surface area contributed by atoms with Crippen LogP contribution in [0.4, 0.5) is 0 Å². The van der Waals surface area contributed by atoms with E-state index in [9.17, 15) is 9.90 Å². The molecule has 1 fully saturated rings. The lowest BCUT2D eigenvalue weighted by Gasteiger charge is -2.32. The molecule has 2 aromatic carbocycles. The van der Waals surface area contributed by atoms with Gasteiger partial charge in [-0.3, -0.25) is 4.90 Å². The Hall–Kier alpha value is -1.65. The lowest BCUT2D eigenvalue weighted by atomic mass is 9.86. The molecule has 0 amide bonds. The average Bonchev–Trinajstić information content (AvgIpc) is 2.56. The van der Waals surface area contributed by atoms with E-state index in [1.807, 2.05) is 12.1 Å². The third kappa shape index (κ3) is 4.01. The molecular formula is C19H20BrNO2. The number of piperidine rings is 1. The molecule has 0 unspecified atom stereocenters. The first-order valence-electron chi connectivity index (χ1n) is 7.92. The first-order valence-corrected chi connectivity index (χ1v) is 8.72. The van der Waals surface area contributed by atoms with Gasteiger partial charge in [0.05, 0.1) is 5.56 Å². The molecule has 120 valence electrons. The fourth-order valence-electron chi connectivity index (χ4n) is 3.31. The van der Waals surface area contributed by atoms with Crippen LogP contribution in [0.25, 0.3) is 0 Å². The van der Waals surface area contributed by atoms with Gasteiger partial charge in [-0.2, -0.15) is 0 Å². The van der Waals surface area contributed by atoms with Gasteiger partial charge in [-0.25, -0.2) is 4.79 Å². The third-order valence-corrected chi connectivity index (χ3v) is 5.01. The molecule has 3 rings (SSSR count). The van der Waals surface area contributed by atoms with Gasteiger partial charge < -0.3 is 5.11 Å². The van der Waals surface area contributed by atoms with Crippen LogP contribution in [-0.2, 0) is 6.54 Å². The van der Waals surface area contributed by atoms with E-state index in [4.69, 9.17) is 0 Å². The SMILES string of the molecule is O=C(O)c1ccc(Br)cc1C1CCN(Cc2ccccc2)CC1. The Balaban J connectivity index is 1.67. The normalized spacial score (nSPS) is 16.4. The molecule has 1 heterocycles. The highest BCUT2D eigenvalue weighted by atomic mass is 79.9. The molecule has 0 bridgehead atoms. The van der Waals surface area contributed by atoms with Crippen LogP contribution in [-0.4, -0.2) is 29.1 Å². The number of carboxylic acids is 1. The van der Waals surface area contributed by atoms with Crippen LogP contribution >= 0.6 is 15.9 Å². The highest BCUT2D eigenvalue weighted by Gasteiger charge is 2.24. The van der Waals surface area contributed by atoms with Crippen molar-refractivity contribution in [2.24, 2.45) is 0 Å². The predicted octanol–water partition coefficient (Wildman–Crippen LogP) is 4.53. The van der Waals surface area contributed by atoms with Crippen molar-refractivity contribution in [3.8, 4) is 0 Å². The molecule has 4 heteroatoms. The van der Waals surface area contributed by atoms with Gasteiger partial charge >= 0.3 is 5.97 Å². The smallest absolute Gasteiger partial charge is 0.335 e. The lowest BCUT2D eigenvalue weighted by Crippen LogP contribution is -2.32. The average molecular weight is 374 g/mol. The number of aromatic carboxylic acids is 1. The number of carbonyl (C=O) groups is 1. The largest absolute Gasteiger partial charge is 0.478 e. The summed E-state index contributed by atoms with van der Waals surface area (Å²) in [5.74, 6) is -0.509. The minimum atomic E-state index is -0.834. The van der Waals surface area contributed by atoms with Crippen molar-refractivity contribution >= 4 is 21.9 Å². The zero-order chi connectivity index (χ0) is 16.2. The highest BCUT2D eigenvalue weighted by Crippen LogP contribution is 2.32. The lowest BCUT2D eigenvalue weighted by molar-refractivity contribution is 0.0694. The minimum Gasteiger partial charge on any atom is -0.478 e. The molecule has 1 aliphatic heterocycles. The van der Waals surface area contributed by atoms with E-state index >= 15 is 0 Å². The molecule has 2 aromatic rings. The van der Waals surface area contributed by atoms with Gasteiger partial charge in [-0.1, -0.05) is 46.3 Å². The second kappa shape index (κ2) is 7.28. The number of hydrogen-bond acceptors (Lipinski definition) is 2. The van der Waals surface area contributed by atoms with Gasteiger partial charge in [0.2, 0.25) is 0 Å². The summed E-state index contributed by atoms with van der Waals surface area (Å²) in [6, 6.07) is 16.0. The highest BCUT2D eigenvalue weighted by molar-refractivity contribution is 9.10. The summed E-state index contributed by atoms with van der Waals surface area (Å²) in [6.07, 6.45) is 2.01. The fourth-order valence-corrected chi connectivity index (χ4v) is 3.69. The van der Waals surface area contributed by atoms with Crippen molar-refractivity contribution in [3.05, 3.63) is 69.7 Å². The molecule has 1 N–H and O–H groups in total. The molecule has 3 nitrogen and oxygen atoms in total. The predicted molar refractivity (Wildman–Crippen MR) is 94.8 cm³/mol. The van der Waals surface area contributed by atoms with Crippen LogP contribution < -0.4 is 0 Å². The molecular weight excluding hydrogens is 354 g/mol. The van der Waals surface area contributed by atoms with E-state index < -0.39 is 5.97 Å². The van der Waals surface area contributed by atoms with E-state index in [0.29, 0.717) is 11.5 Å². The van der Waals surface area contributed by atoms with Crippen molar-refractivity contribution in [1.82, 2.24) is 4.90 Å². The monoisotopic (exact) mass is 373 g/mol. The van der Waals surface area contributed by atoms with Gasteiger partial charge in [0, 0.05) is 11.0 Å². The molecule has 23 heavy (non-hydrogen) atoms. The maximum atomic E-state index is 11.5. The number of nitrogens with zero attached hydrogens (tertiary/aromatic N) is 1. The minimum absolute atomic E-state index is 0.325. The molecule has 0 atom stereocenters. The van der Waals surface area contributed by atoms with Crippen LogP contribution in [0.3, 0.4) is 0 Å². The molecule has 0 spiro atoms. The number of halogens is 1. The number of hydrogen-bond donors (Lipinski definition) is 1. The molecule has 0 aliphatic carbocycles. The summed E-state index contributed by atoms with van der Waals surface area (Å²) >= 11 is 3.46. The fraction of sp³-hybridized carbons (Fsp3) is 0.316. The number of rotatable bonds is 4. The Morgan fingerprint density at radius 1 is 1.13 bits per heavy atom. The molecule has 0 aromatic heterocycles. The topological polar surface area (TPSA) is 40.5 Å². The first-order chi connectivity index (χ1) is 11.1. The maximum Gasteiger partial charge on any atom is 0.335 e. The second-order valence-electron chi connectivity index (χ2n) is 6.07. The Bertz CT molecular complexity index is 679. The standard InChI is InChI=1S/C19H20BrNO2/c20-16-6-7-17(19(22)23)18(12-16)15-8-10-21(11-9-15)13-14-4-2-1-3-5-14/h1-7,12,15H,8-11,13H2,(H,22,23). The Morgan fingerprint density at radius 2 is 1.83 bits per heavy atom. The van der Waals surface area contributed by atoms with E-state index in [-0.39, 0.29) is 0 Å². The third-order valence-electron chi connectivity index (χ3n) is 4.52. The Kier molecular flexibility index (Phi) is 5.13. The van der Waals surface area contributed by atoms with Gasteiger partial charge in [0.25, 0.3) is 0 Å². The van der Waals surface area contributed by atoms with Crippen molar-refractivity contribution in [2.45, 2.75) is 25.3 Å². The van der Waals surface area contributed by atoms with Gasteiger partial charge in [0.1, 0.15) is 0 Å². The summed E-state index contributed by atoms with van der Waals surface area (Å²) in [5.41, 5.74) is 2.74. The van der Waals surface area contributed by atoms with Crippen LogP contribution in [0.2, 0.25) is 0 Å². The number of benzene rings is 2. The van der Waals surface area contributed by atoms with Gasteiger partial charge in [-0.15, -0.1) is 0 Å². The summed E-state index contributed by atoms with van der Waals surface area (Å²) in [7, 11) is 0. The zero-order valence-electron chi connectivity index (χ0n) is 12.9. The van der Waals surface area contributed by atoms with Crippen LogP contribution in [0, 0.1) is 0 Å². The molecule has 1 saturated heterocycles. The quantitative estimate of drug-likeness (QED) is 0.855. The van der Waals surface area contributed by atoms with Gasteiger partial charge in [0.15, 0.2) is 0 Å². The molecule has 1 aliphatic rings. The van der Waals surface area contributed by atoms with Crippen LogP contribution in [0.15, 0.2) is 53.0 Å². The molecule has 0 radical (unpaired) electrons. The summed E-state index contributed by atoms with van der Waals surface area (Å²) in [5, 5.41) is 9.41. The van der Waals surface area contributed by atoms with Gasteiger partial charge in [-0.05, 0) is 61.2 Å². The summed E-state index contributed by atoms with van der Waals surface area (Å²) in [4.78, 5) is 13.9. The van der Waals surface area contributed by atoms with Crippen molar-refractivity contribution in [3.63, 3.8) is 0 Å². The van der Waals surface area contributed by atoms with Crippen LogP contribution in [0.5, 0.6) is 0 Å². The summed E-state index contributed by atoms with van der Waals surface area (Å²) in [6.45, 7) is 2.98. The maximum absolute atomic E-state index is 11.5. The van der Waals surface area contributed by atoms with Crippen molar-refractivity contribution in [2.75, 3.05) is 13.1 Å². The Morgan fingerprint density at radius 3 is 2.48 bits per heavy atom. The van der Waals surface area contributed by atoms with E-state index in [0.717, 1.165) is 42.5 Å². The molecule has 0 saturated carbocycles. The first kappa shape index (κ1) is 16.2. The van der Waals surface area contributed by atoms with Crippen molar-refractivity contribution in [1.29, 1.82) is 0 Å². The zero-order valence-corrected chi connectivity index (χ0v) is 14.5.